The minimum atomic E-state index is 0.292. The lowest BCUT2D eigenvalue weighted by Crippen LogP contribution is -2.37. The molecule has 0 aromatic carbocycles. The van der Waals surface area contributed by atoms with E-state index in [-0.39, 0.29) is 0 Å². The van der Waals surface area contributed by atoms with Gasteiger partial charge in [0.05, 0.1) is 16.3 Å². The number of terminal acetylenes is 1. The molecule has 0 atom stereocenters. The number of likely N-dealkylation sites (tertiary alicyclic amines) is 2. The van der Waals surface area contributed by atoms with Crippen LogP contribution in [0.3, 0.4) is 0 Å². The van der Waals surface area contributed by atoms with Gasteiger partial charge in [-0.15, -0.1) is 6.42 Å². The van der Waals surface area contributed by atoms with Gasteiger partial charge in [-0.3, -0.25) is 0 Å². The fourth-order valence-electron chi connectivity index (χ4n) is 5.18. The number of pyridine rings is 2. The average molecular weight is 566 g/mol. The first-order valence-corrected chi connectivity index (χ1v) is 14.0. The zero-order chi connectivity index (χ0) is 29.6. The van der Waals surface area contributed by atoms with Crippen molar-refractivity contribution in [3.8, 4) is 18.4 Å². The van der Waals surface area contributed by atoms with Crippen LogP contribution in [0.2, 0.25) is 0 Å². The zero-order valence-electron chi connectivity index (χ0n) is 23.9. The van der Waals surface area contributed by atoms with Crippen molar-refractivity contribution in [1.82, 2.24) is 39.7 Å². The Kier molecular flexibility index (Phi) is 8.71. The highest BCUT2D eigenvalue weighted by molar-refractivity contribution is 5.92. The molecule has 2 aliphatic heterocycles. The summed E-state index contributed by atoms with van der Waals surface area (Å²) in [5.41, 5.74) is 14.1. The number of nitrogens with zero attached hydrogens (tertiary/aromatic N) is 9. The molecule has 0 spiro atoms. The van der Waals surface area contributed by atoms with Crippen molar-refractivity contribution in [2.75, 3.05) is 62.4 Å². The molecule has 42 heavy (non-hydrogen) atoms. The second kappa shape index (κ2) is 12.8. The lowest BCUT2D eigenvalue weighted by Gasteiger charge is -2.29. The SMILES string of the molecule is C#Cc1ccnc2nc(NC3CCN(C)CC3)nc(N)c12.CN1CCC(Nc2nc(N)c3c(C#N)ccnc3n2)CC1. The van der Waals surface area contributed by atoms with E-state index in [1.165, 1.54) is 0 Å². The van der Waals surface area contributed by atoms with Crippen LogP contribution in [0.1, 0.15) is 36.8 Å². The summed E-state index contributed by atoms with van der Waals surface area (Å²) in [7, 11) is 4.25. The second-order valence-corrected chi connectivity index (χ2v) is 10.7. The van der Waals surface area contributed by atoms with Crippen molar-refractivity contribution in [3.63, 3.8) is 0 Å². The van der Waals surface area contributed by atoms with Crippen molar-refractivity contribution >= 4 is 45.6 Å². The molecule has 0 unspecified atom stereocenters. The third-order valence-corrected chi connectivity index (χ3v) is 7.63. The van der Waals surface area contributed by atoms with Gasteiger partial charge in [-0.05, 0) is 78.1 Å². The first-order valence-electron chi connectivity index (χ1n) is 14.0. The highest BCUT2D eigenvalue weighted by atomic mass is 15.2. The second-order valence-electron chi connectivity index (χ2n) is 10.7. The first kappa shape index (κ1) is 28.7. The number of rotatable bonds is 4. The Morgan fingerprint density at radius 1 is 0.762 bits per heavy atom. The fraction of sp³-hybridized carbons (Fsp3) is 0.414. The molecular formula is C29H35N13. The Bertz CT molecular complexity index is 1520. The molecule has 13 nitrogen and oxygen atoms in total. The summed E-state index contributed by atoms with van der Waals surface area (Å²) in [4.78, 5) is 30.5. The van der Waals surface area contributed by atoms with Crippen LogP contribution in [0.25, 0.3) is 22.1 Å². The molecule has 0 aliphatic carbocycles. The van der Waals surface area contributed by atoms with Crippen LogP contribution in [0.4, 0.5) is 23.5 Å². The van der Waals surface area contributed by atoms with Crippen molar-refractivity contribution in [2.24, 2.45) is 0 Å². The van der Waals surface area contributed by atoms with Crippen LogP contribution < -0.4 is 22.1 Å². The van der Waals surface area contributed by atoms with E-state index >= 15 is 0 Å². The van der Waals surface area contributed by atoms with Crippen LogP contribution in [0.5, 0.6) is 0 Å². The van der Waals surface area contributed by atoms with Gasteiger partial charge < -0.3 is 31.9 Å². The highest BCUT2D eigenvalue weighted by Crippen LogP contribution is 2.24. The van der Waals surface area contributed by atoms with Crippen LogP contribution in [0, 0.1) is 23.7 Å². The van der Waals surface area contributed by atoms with Crippen LogP contribution in [-0.2, 0) is 0 Å². The first-order chi connectivity index (χ1) is 20.3. The number of hydrogen-bond donors (Lipinski definition) is 4. The van der Waals surface area contributed by atoms with Gasteiger partial charge >= 0.3 is 0 Å². The minimum Gasteiger partial charge on any atom is -0.383 e. The van der Waals surface area contributed by atoms with Gasteiger partial charge in [0.1, 0.15) is 17.7 Å². The Morgan fingerprint density at radius 3 is 1.62 bits per heavy atom. The molecule has 6 N–H and O–H groups in total. The number of nitrogen functional groups attached to an aromatic ring is 2. The van der Waals surface area contributed by atoms with Gasteiger partial charge in [-0.25, -0.2) is 9.97 Å². The number of aromatic nitrogens is 6. The molecule has 6 heterocycles. The van der Waals surface area contributed by atoms with E-state index in [0.717, 1.165) is 51.9 Å². The van der Waals surface area contributed by atoms with E-state index in [9.17, 15) is 0 Å². The summed E-state index contributed by atoms with van der Waals surface area (Å²) < 4.78 is 0. The van der Waals surface area contributed by atoms with E-state index < -0.39 is 0 Å². The van der Waals surface area contributed by atoms with Crippen LogP contribution >= 0.6 is 0 Å². The Labute approximate surface area is 244 Å². The van der Waals surface area contributed by atoms with Gasteiger partial charge in [0.25, 0.3) is 0 Å². The lowest BCUT2D eigenvalue weighted by molar-refractivity contribution is 0.263. The van der Waals surface area contributed by atoms with E-state index in [2.05, 4.69) is 76.4 Å². The molecule has 0 amide bonds. The smallest absolute Gasteiger partial charge is 0.226 e. The highest BCUT2D eigenvalue weighted by Gasteiger charge is 2.20. The maximum atomic E-state index is 9.11. The van der Waals surface area contributed by atoms with E-state index in [0.29, 0.717) is 68.8 Å². The van der Waals surface area contributed by atoms with E-state index in [4.69, 9.17) is 23.2 Å². The van der Waals surface area contributed by atoms with E-state index in [1.54, 1.807) is 24.5 Å². The number of fused-ring (bicyclic) bond motifs is 2. The van der Waals surface area contributed by atoms with Gasteiger partial charge in [0.2, 0.25) is 11.9 Å². The van der Waals surface area contributed by atoms with Gasteiger partial charge in [-0.2, -0.15) is 25.2 Å². The normalized spacial score (nSPS) is 16.8. The number of hydrogen-bond acceptors (Lipinski definition) is 13. The van der Waals surface area contributed by atoms with Gasteiger partial charge in [0.15, 0.2) is 11.3 Å². The summed E-state index contributed by atoms with van der Waals surface area (Å²) in [6, 6.07) is 6.16. The summed E-state index contributed by atoms with van der Waals surface area (Å²) in [5, 5.41) is 16.9. The molecule has 0 saturated carbocycles. The molecule has 4 aromatic rings. The summed E-state index contributed by atoms with van der Waals surface area (Å²) >= 11 is 0. The molecule has 13 heteroatoms. The van der Waals surface area contributed by atoms with Crippen molar-refractivity contribution in [1.29, 1.82) is 5.26 Å². The Hall–Kier alpha value is -4.85. The molecule has 2 fully saturated rings. The monoisotopic (exact) mass is 565 g/mol. The summed E-state index contributed by atoms with van der Waals surface area (Å²) in [5.74, 6) is 4.26. The molecular weight excluding hydrogens is 530 g/mol. The number of piperidine rings is 2. The maximum absolute atomic E-state index is 9.11. The third kappa shape index (κ3) is 6.54. The maximum Gasteiger partial charge on any atom is 0.226 e. The zero-order valence-corrected chi connectivity index (χ0v) is 23.9. The quantitative estimate of drug-likeness (QED) is 0.264. The topological polar surface area (TPSA) is 184 Å². The standard InChI is InChI=1S/C15H18N6.C14H17N7/c1-3-10-4-7-17-14-12(10)13(16)19-15(20-14)18-11-5-8-21(2)9-6-11;1-21-6-3-10(4-7-21)18-14-19-12(16)11-9(8-15)2-5-17-13(11)20-14/h1,4,7,11H,5-6,8-9H2,2H3,(H3,16,17,18,19,20);2,5,10H,3-4,6-7H2,1H3,(H3,16,17,18,19,20). The average Bonchev–Trinajstić information content (AvgIpc) is 2.99. The fourth-order valence-corrected chi connectivity index (χ4v) is 5.18. The number of anilines is 4. The number of nitrogens with two attached hydrogens (primary N) is 2. The predicted molar refractivity (Wildman–Crippen MR) is 164 cm³/mol. The number of nitrogens with one attached hydrogen (secondary N) is 2. The van der Waals surface area contributed by atoms with Crippen LogP contribution in [-0.4, -0.2) is 92.1 Å². The third-order valence-electron chi connectivity index (χ3n) is 7.63. The Balaban J connectivity index is 0.000000168. The molecule has 2 aliphatic rings. The summed E-state index contributed by atoms with van der Waals surface area (Å²) in [6.45, 7) is 4.25. The number of nitriles is 1. The van der Waals surface area contributed by atoms with Crippen molar-refractivity contribution < 1.29 is 0 Å². The molecule has 216 valence electrons. The van der Waals surface area contributed by atoms with Crippen LogP contribution in [0.15, 0.2) is 24.5 Å². The van der Waals surface area contributed by atoms with Gasteiger partial charge in [0, 0.05) is 30.0 Å². The predicted octanol–water partition coefficient (Wildman–Crippen LogP) is 2.08. The molecule has 6 rings (SSSR count). The largest absolute Gasteiger partial charge is 0.383 e. The molecule has 0 bridgehead atoms. The van der Waals surface area contributed by atoms with Crippen molar-refractivity contribution in [3.05, 3.63) is 35.7 Å². The molecule has 4 aromatic heterocycles. The molecule has 2 saturated heterocycles. The molecule has 0 radical (unpaired) electrons. The minimum absolute atomic E-state index is 0.292. The lowest BCUT2D eigenvalue weighted by atomic mass is 10.1. The summed E-state index contributed by atoms with van der Waals surface area (Å²) in [6.07, 6.45) is 12.9. The van der Waals surface area contributed by atoms with E-state index in [1.807, 2.05) is 0 Å². The Morgan fingerprint density at radius 2 is 1.19 bits per heavy atom. The van der Waals surface area contributed by atoms with Gasteiger partial charge in [-0.1, -0.05) is 5.92 Å². The van der Waals surface area contributed by atoms with Crippen molar-refractivity contribution in [2.45, 2.75) is 37.8 Å².